The van der Waals surface area contributed by atoms with E-state index in [1.807, 2.05) is 0 Å². The molecule has 1 fully saturated rings. The molecule has 2 nitrogen and oxygen atoms in total. The Bertz CT molecular complexity index is 179. The van der Waals surface area contributed by atoms with Crippen LogP contribution in [0.25, 0.3) is 0 Å². The van der Waals surface area contributed by atoms with Crippen molar-refractivity contribution in [1.82, 2.24) is 0 Å². The van der Waals surface area contributed by atoms with Crippen molar-refractivity contribution in [2.24, 2.45) is 5.92 Å². The van der Waals surface area contributed by atoms with Gasteiger partial charge in [0.2, 0.25) is 0 Å². The Morgan fingerprint density at radius 2 is 2.09 bits per heavy atom. The van der Waals surface area contributed by atoms with Crippen LogP contribution < -0.4 is 0 Å². The maximum Gasteiger partial charge on any atom is 0.149 e. The summed E-state index contributed by atoms with van der Waals surface area (Å²) in [5, 5.41) is 9.09. The fraction of sp³-hybridized carbons (Fsp3) is 0.857. The number of aliphatic hydroxyl groups excluding tert-OH is 1. The van der Waals surface area contributed by atoms with E-state index in [1.54, 1.807) is 0 Å². The van der Waals surface area contributed by atoms with Gasteiger partial charge in [-0.1, -0.05) is 23.2 Å². The second-order valence-electron chi connectivity index (χ2n) is 2.97. The van der Waals surface area contributed by atoms with E-state index < -0.39 is 10.4 Å². The number of Topliss-reactive ketones (excluding diaryl/α,β-unsaturated/α-hetero) is 1. The molecule has 2 atom stereocenters. The number of aliphatic hydroxyl groups is 1. The summed E-state index contributed by atoms with van der Waals surface area (Å²) in [6.45, 7) is 1.51. The lowest BCUT2D eigenvalue weighted by atomic mass is 10.2. The molecule has 0 aromatic heterocycles. The average Bonchev–Trinajstić information content (AvgIpc) is 2.30. The van der Waals surface area contributed by atoms with Crippen molar-refractivity contribution >= 4 is 29.0 Å². The minimum Gasteiger partial charge on any atom is -0.390 e. The van der Waals surface area contributed by atoms with Crippen LogP contribution in [0, 0.1) is 5.92 Å². The Morgan fingerprint density at radius 1 is 1.64 bits per heavy atom. The number of carbonyl (C=O) groups is 1. The molecule has 0 radical (unpaired) electrons. The summed E-state index contributed by atoms with van der Waals surface area (Å²) in [7, 11) is 0. The summed E-state index contributed by atoms with van der Waals surface area (Å²) in [4.78, 5) is 10.5. The molecule has 64 valence electrons. The molecular weight excluding hydrogens is 187 g/mol. The highest BCUT2D eigenvalue weighted by atomic mass is 35.5. The number of carbonyl (C=O) groups excluding carboxylic acids is 1. The quantitative estimate of drug-likeness (QED) is 0.696. The van der Waals surface area contributed by atoms with Crippen molar-refractivity contribution in [3.8, 4) is 0 Å². The molecule has 0 aromatic rings. The molecular formula is C7H10Cl2O2. The number of alkyl halides is 2. The van der Waals surface area contributed by atoms with Crippen LogP contribution in [0.3, 0.4) is 0 Å². The lowest BCUT2D eigenvalue weighted by molar-refractivity contribution is -0.117. The molecule has 1 saturated carbocycles. The molecule has 2 unspecified atom stereocenters. The second-order valence-corrected chi connectivity index (χ2v) is 4.41. The van der Waals surface area contributed by atoms with Crippen LogP contribution in [-0.2, 0) is 4.79 Å². The zero-order valence-electron chi connectivity index (χ0n) is 6.18. The number of hydrogen-bond donors (Lipinski definition) is 1. The monoisotopic (exact) mass is 196 g/mol. The fourth-order valence-electron chi connectivity index (χ4n) is 1.08. The normalized spacial score (nSPS) is 33.5. The first-order valence-electron chi connectivity index (χ1n) is 3.51. The Labute approximate surface area is 75.5 Å². The van der Waals surface area contributed by atoms with Crippen molar-refractivity contribution in [2.75, 3.05) is 0 Å². The van der Waals surface area contributed by atoms with Gasteiger partial charge in [-0.15, -0.1) is 0 Å². The minimum atomic E-state index is -0.991. The first kappa shape index (κ1) is 9.30. The highest BCUT2D eigenvalue weighted by Crippen LogP contribution is 2.55. The third-order valence-electron chi connectivity index (χ3n) is 1.97. The Morgan fingerprint density at radius 3 is 2.36 bits per heavy atom. The summed E-state index contributed by atoms with van der Waals surface area (Å²) >= 11 is 11.3. The van der Waals surface area contributed by atoms with Gasteiger partial charge in [0, 0.05) is 12.3 Å². The number of rotatable bonds is 3. The van der Waals surface area contributed by atoms with E-state index in [4.69, 9.17) is 28.3 Å². The van der Waals surface area contributed by atoms with Crippen molar-refractivity contribution in [3.05, 3.63) is 0 Å². The number of halogens is 2. The van der Waals surface area contributed by atoms with E-state index in [9.17, 15) is 4.79 Å². The third kappa shape index (κ3) is 1.86. The molecule has 0 spiro atoms. The van der Waals surface area contributed by atoms with Crippen LogP contribution >= 0.6 is 23.2 Å². The van der Waals surface area contributed by atoms with Gasteiger partial charge in [-0.3, -0.25) is 0 Å². The summed E-state index contributed by atoms with van der Waals surface area (Å²) in [6, 6.07) is 0. The van der Waals surface area contributed by atoms with Gasteiger partial charge < -0.3 is 9.90 Å². The van der Waals surface area contributed by atoms with Crippen LogP contribution in [0.2, 0.25) is 0 Å². The van der Waals surface area contributed by atoms with Gasteiger partial charge in [-0.25, -0.2) is 0 Å². The van der Waals surface area contributed by atoms with E-state index in [0.717, 1.165) is 0 Å². The van der Waals surface area contributed by atoms with Gasteiger partial charge in [-0.05, 0) is 13.3 Å². The summed E-state index contributed by atoms with van der Waals surface area (Å²) in [5.74, 6) is -0.0111. The molecule has 0 aromatic carbocycles. The molecule has 0 amide bonds. The van der Waals surface area contributed by atoms with E-state index in [-0.39, 0.29) is 11.7 Å². The molecule has 4 heteroatoms. The molecule has 1 aliphatic carbocycles. The summed E-state index contributed by atoms with van der Waals surface area (Å²) in [6.07, 6.45) is 0.386. The van der Waals surface area contributed by atoms with Gasteiger partial charge in [0.05, 0.1) is 6.10 Å². The van der Waals surface area contributed by atoms with E-state index >= 15 is 0 Å². The Kier molecular flexibility index (Phi) is 2.47. The van der Waals surface area contributed by atoms with Crippen LogP contribution in [0.4, 0.5) is 0 Å². The largest absolute Gasteiger partial charge is 0.390 e. The minimum absolute atomic E-state index is 0.105. The third-order valence-corrected chi connectivity index (χ3v) is 2.98. The zero-order valence-corrected chi connectivity index (χ0v) is 7.69. The second kappa shape index (κ2) is 2.92. The summed E-state index contributed by atoms with van der Waals surface area (Å²) in [5.41, 5.74) is 0. The lowest BCUT2D eigenvalue weighted by Crippen LogP contribution is -1.94. The predicted octanol–water partition coefficient (Wildman–Crippen LogP) is 1.52. The number of ketones is 1. The summed E-state index contributed by atoms with van der Waals surface area (Å²) < 4.78 is -0.991. The van der Waals surface area contributed by atoms with E-state index in [2.05, 4.69) is 0 Å². The van der Waals surface area contributed by atoms with Crippen molar-refractivity contribution in [3.63, 3.8) is 0 Å². The van der Waals surface area contributed by atoms with Crippen LogP contribution in [-0.4, -0.2) is 21.3 Å². The topological polar surface area (TPSA) is 37.3 Å². The first-order valence-corrected chi connectivity index (χ1v) is 4.27. The standard InChI is InChI=1S/C7H10Cl2O2/c1-4(10)2-3-5-6(11)7(5,8)9/h5-6,11H,2-3H2,1H3. The van der Waals surface area contributed by atoms with Gasteiger partial charge in [0.1, 0.15) is 10.1 Å². The predicted molar refractivity (Wildman–Crippen MR) is 43.8 cm³/mol. The molecule has 0 bridgehead atoms. The van der Waals surface area contributed by atoms with E-state index in [0.29, 0.717) is 12.8 Å². The molecule has 11 heavy (non-hydrogen) atoms. The molecule has 0 aliphatic heterocycles. The molecule has 0 heterocycles. The van der Waals surface area contributed by atoms with Gasteiger partial charge >= 0.3 is 0 Å². The molecule has 1 rings (SSSR count). The number of hydrogen-bond acceptors (Lipinski definition) is 2. The van der Waals surface area contributed by atoms with Crippen LogP contribution in [0.1, 0.15) is 19.8 Å². The van der Waals surface area contributed by atoms with Crippen molar-refractivity contribution < 1.29 is 9.90 Å². The maximum absolute atomic E-state index is 10.5. The lowest BCUT2D eigenvalue weighted by Gasteiger charge is -1.94. The first-order chi connectivity index (χ1) is 4.96. The van der Waals surface area contributed by atoms with Gasteiger partial charge in [0.25, 0.3) is 0 Å². The van der Waals surface area contributed by atoms with Crippen molar-refractivity contribution in [1.29, 1.82) is 0 Å². The van der Waals surface area contributed by atoms with Gasteiger partial charge in [0.15, 0.2) is 0 Å². The Hall–Kier alpha value is 0.210. The Balaban J connectivity index is 2.27. The fourth-order valence-corrected chi connectivity index (χ4v) is 1.72. The molecule has 1 aliphatic rings. The zero-order chi connectivity index (χ0) is 8.65. The van der Waals surface area contributed by atoms with Crippen LogP contribution in [0.5, 0.6) is 0 Å². The highest BCUT2D eigenvalue weighted by Gasteiger charge is 2.62. The SMILES string of the molecule is CC(=O)CCC1C(O)C1(Cl)Cl. The van der Waals surface area contributed by atoms with Crippen molar-refractivity contribution in [2.45, 2.75) is 30.2 Å². The molecule has 1 N–H and O–H groups in total. The van der Waals surface area contributed by atoms with Crippen LogP contribution in [0.15, 0.2) is 0 Å². The smallest absolute Gasteiger partial charge is 0.149 e. The average molecular weight is 197 g/mol. The van der Waals surface area contributed by atoms with E-state index in [1.165, 1.54) is 6.92 Å². The molecule has 0 saturated heterocycles. The maximum atomic E-state index is 10.5. The highest BCUT2D eigenvalue weighted by molar-refractivity contribution is 6.51. The van der Waals surface area contributed by atoms with Gasteiger partial charge in [-0.2, -0.15) is 0 Å².